The summed E-state index contributed by atoms with van der Waals surface area (Å²) in [5, 5.41) is 15.6. The molecule has 0 unspecified atom stereocenters. The third-order valence-corrected chi connectivity index (χ3v) is 8.44. The first kappa shape index (κ1) is 27.1. The van der Waals surface area contributed by atoms with Gasteiger partial charge < -0.3 is 34.7 Å². The first-order valence-electron chi connectivity index (χ1n) is 14.6. The Bertz CT molecular complexity index is 1380. The molecule has 3 atom stereocenters. The summed E-state index contributed by atoms with van der Waals surface area (Å²) in [6.45, 7) is 3.14. The first-order chi connectivity index (χ1) is 20.1. The number of benzene rings is 2. The Hall–Kier alpha value is -4.05. The second-order valence-electron chi connectivity index (χ2n) is 11.0. The summed E-state index contributed by atoms with van der Waals surface area (Å²) in [4.78, 5) is 32.3. The lowest BCUT2D eigenvalue weighted by Crippen LogP contribution is -2.54. The third kappa shape index (κ3) is 5.88. The molecule has 10 heteroatoms. The van der Waals surface area contributed by atoms with E-state index in [9.17, 15) is 14.7 Å². The van der Waals surface area contributed by atoms with Crippen molar-refractivity contribution in [3.05, 3.63) is 66.1 Å². The van der Waals surface area contributed by atoms with Crippen molar-refractivity contribution < 1.29 is 24.2 Å². The molecule has 2 amide bonds. The number of hydrogen-bond acceptors (Lipinski definition) is 6. The highest BCUT2D eigenvalue weighted by molar-refractivity contribution is 5.98. The van der Waals surface area contributed by atoms with Crippen LogP contribution in [0.5, 0.6) is 11.5 Å². The van der Waals surface area contributed by atoms with E-state index < -0.39 is 6.09 Å². The van der Waals surface area contributed by atoms with Gasteiger partial charge in [-0.25, -0.2) is 9.78 Å². The van der Waals surface area contributed by atoms with Gasteiger partial charge in [-0.05, 0) is 24.5 Å². The van der Waals surface area contributed by atoms with Crippen molar-refractivity contribution >= 4 is 12.0 Å². The van der Waals surface area contributed by atoms with Gasteiger partial charge in [0.2, 0.25) is 0 Å². The average Bonchev–Trinajstić information content (AvgIpc) is 3.65. The fourth-order valence-electron chi connectivity index (χ4n) is 6.39. The Kier molecular flexibility index (Phi) is 8.09. The van der Waals surface area contributed by atoms with Crippen molar-refractivity contribution in [2.45, 2.75) is 56.7 Å². The third-order valence-electron chi connectivity index (χ3n) is 8.44. The van der Waals surface area contributed by atoms with Crippen LogP contribution >= 0.6 is 0 Å². The number of carboxylic acid groups (broad SMARTS) is 1. The van der Waals surface area contributed by atoms with E-state index in [4.69, 9.17) is 9.47 Å². The van der Waals surface area contributed by atoms with Crippen molar-refractivity contribution in [3.8, 4) is 22.8 Å². The molecule has 3 heterocycles. The highest BCUT2D eigenvalue weighted by Gasteiger charge is 2.35. The van der Waals surface area contributed by atoms with Gasteiger partial charge >= 0.3 is 6.09 Å². The van der Waals surface area contributed by atoms with Crippen LogP contribution in [0.3, 0.4) is 0 Å². The number of fused-ring (bicyclic) bond motifs is 1. The molecule has 1 saturated carbocycles. The minimum Gasteiger partial charge on any atom is -0.493 e. The molecule has 1 saturated heterocycles. The second-order valence-corrected chi connectivity index (χ2v) is 11.0. The minimum atomic E-state index is -1.03. The van der Waals surface area contributed by atoms with Crippen LogP contribution in [0.15, 0.2) is 54.9 Å². The molecule has 2 aliphatic heterocycles. The Morgan fingerprint density at radius 3 is 2.85 bits per heavy atom. The highest BCUT2D eigenvalue weighted by atomic mass is 16.5. The SMILES string of the molecule is O=C(O)N[C@H]1CCCC[C@@H]1n1cnc(C(=O)N2CCNC[C@H]2CCOc2ccc3c(c2)OCC3)c1-c1ccccc1. The Labute approximate surface area is 239 Å². The summed E-state index contributed by atoms with van der Waals surface area (Å²) in [7, 11) is 0. The molecule has 3 N–H and O–H groups in total. The normalized spacial score (nSPS) is 22.0. The van der Waals surface area contributed by atoms with E-state index in [1.165, 1.54) is 5.56 Å². The minimum absolute atomic E-state index is 0.0493. The number of ether oxygens (including phenoxy) is 2. The smallest absolute Gasteiger partial charge is 0.404 e. The maximum atomic E-state index is 14.2. The number of carbonyl (C=O) groups is 2. The van der Waals surface area contributed by atoms with Crippen LogP contribution in [-0.2, 0) is 6.42 Å². The number of rotatable bonds is 8. The number of hydrogen-bond donors (Lipinski definition) is 3. The predicted molar refractivity (Wildman–Crippen MR) is 154 cm³/mol. The summed E-state index contributed by atoms with van der Waals surface area (Å²) in [5.41, 5.74) is 3.24. The predicted octanol–water partition coefficient (Wildman–Crippen LogP) is 4.12. The maximum Gasteiger partial charge on any atom is 0.404 e. The lowest BCUT2D eigenvalue weighted by Gasteiger charge is -2.36. The zero-order valence-corrected chi connectivity index (χ0v) is 23.1. The van der Waals surface area contributed by atoms with Crippen molar-refractivity contribution in [1.29, 1.82) is 0 Å². The molecule has 6 rings (SSSR count). The number of nitrogens with one attached hydrogen (secondary N) is 2. The molecule has 2 fully saturated rings. The van der Waals surface area contributed by atoms with E-state index >= 15 is 0 Å². The summed E-state index contributed by atoms with van der Waals surface area (Å²) < 4.78 is 13.8. The molecule has 0 bridgehead atoms. The van der Waals surface area contributed by atoms with Gasteiger partial charge in [-0.3, -0.25) is 4.79 Å². The lowest BCUT2D eigenvalue weighted by molar-refractivity contribution is 0.0601. The van der Waals surface area contributed by atoms with E-state index in [1.807, 2.05) is 51.9 Å². The molecule has 3 aromatic rings. The molecule has 1 aliphatic carbocycles. The number of carbonyl (C=O) groups excluding carboxylic acids is 1. The number of piperazine rings is 1. The average molecular weight is 560 g/mol. The van der Waals surface area contributed by atoms with Crippen LogP contribution in [0, 0.1) is 0 Å². The van der Waals surface area contributed by atoms with E-state index in [0.29, 0.717) is 45.0 Å². The Morgan fingerprint density at radius 1 is 1.15 bits per heavy atom. The number of imidazole rings is 1. The topological polar surface area (TPSA) is 118 Å². The van der Waals surface area contributed by atoms with Crippen LogP contribution in [0.25, 0.3) is 11.3 Å². The van der Waals surface area contributed by atoms with Gasteiger partial charge in [-0.1, -0.05) is 49.2 Å². The van der Waals surface area contributed by atoms with Gasteiger partial charge in [0.1, 0.15) is 11.5 Å². The lowest BCUT2D eigenvalue weighted by atomic mass is 9.89. The number of aromatic nitrogens is 2. The number of nitrogens with zero attached hydrogens (tertiary/aromatic N) is 3. The molecule has 41 heavy (non-hydrogen) atoms. The van der Waals surface area contributed by atoms with Crippen LogP contribution in [-0.4, -0.2) is 76.5 Å². The summed E-state index contributed by atoms with van der Waals surface area (Å²) in [6.07, 6.45) is 5.82. The van der Waals surface area contributed by atoms with Crippen molar-refractivity contribution in [2.24, 2.45) is 0 Å². The van der Waals surface area contributed by atoms with Crippen molar-refractivity contribution in [3.63, 3.8) is 0 Å². The Balaban J connectivity index is 1.23. The summed E-state index contributed by atoms with van der Waals surface area (Å²) in [6, 6.07) is 15.4. The van der Waals surface area contributed by atoms with Crippen LogP contribution in [0.4, 0.5) is 4.79 Å². The first-order valence-corrected chi connectivity index (χ1v) is 14.6. The van der Waals surface area contributed by atoms with Gasteiger partial charge in [-0.15, -0.1) is 0 Å². The van der Waals surface area contributed by atoms with E-state index in [1.54, 1.807) is 6.33 Å². The van der Waals surface area contributed by atoms with Gasteiger partial charge in [0.05, 0.1) is 37.3 Å². The van der Waals surface area contributed by atoms with E-state index in [0.717, 1.165) is 54.9 Å². The quantitative estimate of drug-likeness (QED) is 0.380. The van der Waals surface area contributed by atoms with Crippen molar-refractivity contribution in [1.82, 2.24) is 25.1 Å². The summed E-state index contributed by atoms with van der Waals surface area (Å²) in [5.74, 6) is 1.55. The zero-order valence-electron chi connectivity index (χ0n) is 23.1. The zero-order chi connectivity index (χ0) is 28.2. The summed E-state index contributed by atoms with van der Waals surface area (Å²) >= 11 is 0. The fraction of sp³-hybridized carbons (Fsp3) is 0.452. The Morgan fingerprint density at radius 2 is 2.00 bits per heavy atom. The van der Waals surface area contributed by atoms with Gasteiger partial charge in [0.25, 0.3) is 5.91 Å². The molecular weight excluding hydrogens is 522 g/mol. The largest absolute Gasteiger partial charge is 0.493 e. The van der Waals surface area contributed by atoms with E-state index in [2.05, 4.69) is 21.7 Å². The molecule has 1 aromatic heterocycles. The molecular formula is C31H37N5O5. The standard InChI is InChI=1S/C31H37N5O5/c37-30(35-15-14-32-19-23(35)13-17-40-24-11-10-21-12-16-41-27(21)18-24)28-29(22-6-2-1-3-7-22)36(20-33-28)26-9-5-4-8-25(26)34-31(38)39/h1-3,6-7,10-11,18,20,23,25-26,32,34H,4-5,8-9,12-17,19H2,(H,38,39)/t23-,25+,26+/m1/s1. The monoisotopic (exact) mass is 559 g/mol. The van der Waals surface area contributed by atoms with Crippen LogP contribution < -0.4 is 20.1 Å². The molecule has 2 aromatic carbocycles. The van der Waals surface area contributed by atoms with Gasteiger partial charge in [-0.2, -0.15) is 0 Å². The molecule has 10 nitrogen and oxygen atoms in total. The van der Waals surface area contributed by atoms with Gasteiger partial charge in [0.15, 0.2) is 5.69 Å². The van der Waals surface area contributed by atoms with Crippen LogP contribution in [0.1, 0.15) is 54.2 Å². The van der Waals surface area contributed by atoms with Crippen molar-refractivity contribution in [2.75, 3.05) is 32.8 Å². The molecule has 0 spiro atoms. The molecule has 3 aliphatic rings. The fourth-order valence-corrected chi connectivity index (χ4v) is 6.39. The molecule has 216 valence electrons. The maximum absolute atomic E-state index is 14.2. The highest BCUT2D eigenvalue weighted by Crippen LogP contribution is 2.35. The van der Waals surface area contributed by atoms with E-state index in [-0.39, 0.29) is 24.0 Å². The second kappa shape index (κ2) is 12.2. The number of amides is 2. The van der Waals surface area contributed by atoms with Gasteiger partial charge in [0, 0.05) is 50.1 Å². The van der Waals surface area contributed by atoms with Crippen LogP contribution in [0.2, 0.25) is 0 Å². The molecule has 0 radical (unpaired) electrons.